The number of esters is 1. The number of carbonyl (C=O) groups is 3. The molecule has 3 rings (SSSR count). The number of halogens is 2. The molecule has 2 aromatic rings. The molecule has 1 saturated heterocycles. The minimum Gasteiger partial charge on any atom is -0.460 e. The van der Waals surface area contributed by atoms with Gasteiger partial charge in [-0.05, 0) is 55.3 Å². The number of ether oxygens (including phenoxy) is 1. The van der Waals surface area contributed by atoms with Gasteiger partial charge in [-0.15, -0.1) is 11.3 Å². The highest BCUT2D eigenvalue weighted by atomic mass is 35.5. The molecule has 1 aromatic heterocycles. The summed E-state index contributed by atoms with van der Waals surface area (Å²) in [6.07, 6.45) is 3.13. The molecular weight excluding hydrogens is 471 g/mol. The predicted octanol–water partition coefficient (Wildman–Crippen LogP) is 4.92. The quantitative estimate of drug-likeness (QED) is 0.454. The zero-order valence-corrected chi connectivity index (χ0v) is 20.7. The SMILES string of the molecule is C[C@@H](CC(=O)OC(C)(C)C)C(=O)NC1CN(C(=O)/C=C/c2cc3ccsc3c(Cl)c2Cl)C1. The van der Waals surface area contributed by atoms with Crippen molar-refractivity contribution >= 4 is 68.5 Å². The van der Waals surface area contributed by atoms with Gasteiger partial charge in [-0.1, -0.05) is 30.1 Å². The Balaban J connectivity index is 1.48. The molecule has 0 aliphatic carbocycles. The monoisotopic (exact) mass is 496 g/mol. The van der Waals surface area contributed by atoms with Crippen molar-refractivity contribution in [2.24, 2.45) is 5.92 Å². The summed E-state index contributed by atoms with van der Waals surface area (Å²) in [6.45, 7) is 7.86. The first-order chi connectivity index (χ1) is 14.9. The Labute approximate surface area is 201 Å². The van der Waals surface area contributed by atoms with E-state index in [2.05, 4.69) is 5.32 Å². The second-order valence-corrected chi connectivity index (χ2v) is 10.6. The highest BCUT2D eigenvalue weighted by Gasteiger charge is 2.32. The first-order valence-electron chi connectivity index (χ1n) is 10.3. The molecule has 32 heavy (non-hydrogen) atoms. The van der Waals surface area contributed by atoms with Crippen molar-refractivity contribution < 1.29 is 19.1 Å². The zero-order chi connectivity index (χ0) is 23.6. The van der Waals surface area contributed by atoms with E-state index >= 15 is 0 Å². The lowest BCUT2D eigenvalue weighted by molar-refractivity contribution is -0.157. The van der Waals surface area contributed by atoms with Crippen molar-refractivity contribution in [3.05, 3.63) is 39.2 Å². The van der Waals surface area contributed by atoms with Gasteiger partial charge in [-0.3, -0.25) is 14.4 Å². The molecule has 0 spiro atoms. The van der Waals surface area contributed by atoms with Crippen molar-refractivity contribution in [2.45, 2.75) is 45.8 Å². The summed E-state index contributed by atoms with van der Waals surface area (Å²) in [6, 6.07) is 3.71. The van der Waals surface area contributed by atoms with Gasteiger partial charge < -0.3 is 15.0 Å². The number of hydrogen-bond donors (Lipinski definition) is 1. The van der Waals surface area contributed by atoms with Crippen LogP contribution in [0.5, 0.6) is 0 Å². The molecule has 1 fully saturated rings. The molecule has 2 amide bonds. The molecule has 2 heterocycles. The average Bonchev–Trinajstić information content (AvgIpc) is 3.12. The first kappa shape index (κ1) is 24.6. The van der Waals surface area contributed by atoms with Gasteiger partial charge >= 0.3 is 5.97 Å². The van der Waals surface area contributed by atoms with Crippen LogP contribution in [0.4, 0.5) is 0 Å². The lowest BCUT2D eigenvalue weighted by atomic mass is 10.0. The van der Waals surface area contributed by atoms with Crippen LogP contribution in [-0.2, 0) is 19.1 Å². The Morgan fingerprint density at radius 2 is 1.97 bits per heavy atom. The van der Waals surface area contributed by atoms with Gasteiger partial charge in [0.15, 0.2) is 0 Å². The second kappa shape index (κ2) is 9.81. The van der Waals surface area contributed by atoms with E-state index in [0.29, 0.717) is 28.7 Å². The third kappa shape index (κ3) is 6.03. The van der Waals surface area contributed by atoms with Crippen LogP contribution in [0.1, 0.15) is 39.7 Å². The van der Waals surface area contributed by atoms with Gasteiger partial charge in [-0.2, -0.15) is 0 Å². The Bertz CT molecular complexity index is 1070. The molecule has 1 N–H and O–H groups in total. The summed E-state index contributed by atoms with van der Waals surface area (Å²) >= 11 is 14.2. The minimum absolute atomic E-state index is 0.0129. The average molecular weight is 497 g/mol. The number of amides is 2. The fourth-order valence-corrected chi connectivity index (χ4v) is 4.71. The molecule has 6 nitrogen and oxygen atoms in total. The van der Waals surface area contributed by atoms with Crippen LogP contribution < -0.4 is 5.32 Å². The van der Waals surface area contributed by atoms with Crippen LogP contribution in [0.25, 0.3) is 16.2 Å². The predicted molar refractivity (Wildman–Crippen MR) is 129 cm³/mol. The van der Waals surface area contributed by atoms with Gasteiger partial charge in [0.2, 0.25) is 11.8 Å². The van der Waals surface area contributed by atoms with Crippen LogP contribution >= 0.6 is 34.5 Å². The summed E-state index contributed by atoms with van der Waals surface area (Å²) in [5, 5.41) is 6.69. The Morgan fingerprint density at radius 3 is 2.62 bits per heavy atom. The topological polar surface area (TPSA) is 75.7 Å². The van der Waals surface area contributed by atoms with E-state index in [1.54, 1.807) is 38.7 Å². The van der Waals surface area contributed by atoms with Gasteiger partial charge in [0, 0.05) is 25.1 Å². The molecule has 0 bridgehead atoms. The summed E-state index contributed by atoms with van der Waals surface area (Å²) in [4.78, 5) is 38.3. The molecule has 9 heteroatoms. The van der Waals surface area contributed by atoms with Crippen molar-refractivity contribution in [3.8, 4) is 0 Å². The van der Waals surface area contributed by atoms with E-state index in [1.165, 1.54) is 17.4 Å². The number of likely N-dealkylation sites (tertiary alicyclic amines) is 1. The third-order valence-corrected chi connectivity index (χ3v) is 6.88. The van der Waals surface area contributed by atoms with E-state index in [0.717, 1.165) is 10.1 Å². The molecule has 0 radical (unpaired) electrons. The molecule has 1 atom stereocenters. The number of carbonyl (C=O) groups excluding carboxylic acids is 3. The molecular formula is C23H26Cl2N2O4S. The number of fused-ring (bicyclic) bond motifs is 1. The largest absolute Gasteiger partial charge is 0.460 e. The van der Waals surface area contributed by atoms with Crippen molar-refractivity contribution in [2.75, 3.05) is 13.1 Å². The van der Waals surface area contributed by atoms with E-state index < -0.39 is 17.5 Å². The van der Waals surface area contributed by atoms with Gasteiger partial charge in [0.25, 0.3) is 0 Å². The van der Waals surface area contributed by atoms with Gasteiger partial charge in [-0.25, -0.2) is 0 Å². The highest BCUT2D eigenvalue weighted by Crippen LogP contribution is 2.37. The Morgan fingerprint density at radius 1 is 1.28 bits per heavy atom. The van der Waals surface area contributed by atoms with E-state index in [-0.39, 0.29) is 24.3 Å². The van der Waals surface area contributed by atoms with Gasteiger partial charge in [0.05, 0.1) is 27.2 Å². The van der Waals surface area contributed by atoms with Crippen LogP contribution in [0, 0.1) is 5.92 Å². The summed E-state index contributed by atoms with van der Waals surface area (Å²) in [5.74, 6) is -1.31. The number of nitrogens with zero attached hydrogens (tertiary/aromatic N) is 1. The maximum absolute atomic E-state index is 12.4. The fourth-order valence-electron chi connectivity index (χ4n) is 3.28. The second-order valence-electron chi connectivity index (χ2n) is 8.91. The van der Waals surface area contributed by atoms with E-state index in [9.17, 15) is 14.4 Å². The summed E-state index contributed by atoms with van der Waals surface area (Å²) in [7, 11) is 0. The number of thiophene rings is 1. The molecule has 1 aliphatic heterocycles. The third-order valence-electron chi connectivity index (χ3n) is 4.94. The molecule has 1 aliphatic rings. The lowest BCUT2D eigenvalue weighted by Gasteiger charge is -2.39. The molecule has 0 saturated carbocycles. The van der Waals surface area contributed by atoms with Crippen molar-refractivity contribution in [1.29, 1.82) is 0 Å². The van der Waals surface area contributed by atoms with Gasteiger partial charge in [0.1, 0.15) is 5.60 Å². The smallest absolute Gasteiger partial charge is 0.307 e. The number of rotatable bonds is 6. The number of nitrogens with one attached hydrogen (secondary N) is 1. The normalized spacial score (nSPS) is 15.6. The van der Waals surface area contributed by atoms with Crippen LogP contribution in [-0.4, -0.2) is 47.4 Å². The van der Waals surface area contributed by atoms with E-state index in [4.69, 9.17) is 27.9 Å². The maximum atomic E-state index is 12.4. The zero-order valence-electron chi connectivity index (χ0n) is 18.4. The summed E-state index contributed by atoms with van der Waals surface area (Å²) < 4.78 is 6.17. The van der Waals surface area contributed by atoms with Crippen LogP contribution in [0.3, 0.4) is 0 Å². The Kier molecular flexibility index (Phi) is 7.53. The number of benzene rings is 1. The van der Waals surface area contributed by atoms with Crippen molar-refractivity contribution in [1.82, 2.24) is 10.2 Å². The first-order valence-corrected chi connectivity index (χ1v) is 11.9. The fraction of sp³-hybridized carbons (Fsp3) is 0.435. The Hall–Kier alpha value is -2.09. The van der Waals surface area contributed by atoms with Crippen LogP contribution in [0.2, 0.25) is 10.0 Å². The van der Waals surface area contributed by atoms with Crippen LogP contribution in [0.15, 0.2) is 23.6 Å². The number of hydrogen-bond acceptors (Lipinski definition) is 5. The molecule has 1 aromatic carbocycles. The standard InChI is InChI=1S/C23H26Cl2N2O4S/c1-13(9-18(29)31-23(2,3)4)22(30)26-16-11-27(12-16)17(28)6-5-14-10-15-7-8-32-21(15)20(25)19(14)24/h5-8,10,13,16H,9,11-12H2,1-4H3,(H,26,30)/b6-5+/t13-/m0/s1. The van der Waals surface area contributed by atoms with Crippen molar-refractivity contribution in [3.63, 3.8) is 0 Å². The summed E-state index contributed by atoms with van der Waals surface area (Å²) in [5.41, 5.74) is 0.0953. The lowest BCUT2D eigenvalue weighted by Crippen LogP contribution is -2.61. The molecule has 172 valence electrons. The highest BCUT2D eigenvalue weighted by molar-refractivity contribution is 7.18. The minimum atomic E-state index is -0.583. The molecule has 0 unspecified atom stereocenters. The van der Waals surface area contributed by atoms with E-state index in [1.807, 2.05) is 17.5 Å². The maximum Gasteiger partial charge on any atom is 0.307 e.